The Labute approximate surface area is 118 Å². The SMILES string of the molecule is CCCOCc1noc(C2(c3ccc(N)cc3)CC2)n1. The molecule has 0 radical (unpaired) electrons. The molecule has 0 saturated heterocycles. The van der Waals surface area contributed by atoms with Crippen LogP contribution in [0.1, 0.15) is 43.5 Å². The summed E-state index contributed by atoms with van der Waals surface area (Å²) in [7, 11) is 0. The van der Waals surface area contributed by atoms with Crippen molar-refractivity contribution >= 4 is 5.69 Å². The minimum atomic E-state index is -0.107. The fraction of sp³-hybridized carbons (Fsp3) is 0.467. The van der Waals surface area contributed by atoms with Gasteiger partial charge in [-0.05, 0) is 37.0 Å². The average molecular weight is 273 g/mol. The molecule has 0 spiro atoms. The largest absolute Gasteiger partial charge is 0.399 e. The molecule has 2 N–H and O–H groups in total. The highest BCUT2D eigenvalue weighted by molar-refractivity contribution is 5.45. The molecule has 0 aliphatic heterocycles. The summed E-state index contributed by atoms with van der Waals surface area (Å²) in [6, 6.07) is 7.91. The van der Waals surface area contributed by atoms with E-state index in [9.17, 15) is 0 Å². The molecule has 0 bridgehead atoms. The molecule has 0 amide bonds. The van der Waals surface area contributed by atoms with E-state index in [0.29, 0.717) is 24.9 Å². The molecule has 3 rings (SSSR count). The zero-order chi connectivity index (χ0) is 14.0. The lowest BCUT2D eigenvalue weighted by molar-refractivity contribution is 0.114. The van der Waals surface area contributed by atoms with Crippen LogP contribution in [0, 0.1) is 0 Å². The van der Waals surface area contributed by atoms with E-state index < -0.39 is 0 Å². The lowest BCUT2D eigenvalue weighted by atomic mass is 9.96. The van der Waals surface area contributed by atoms with E-state index in [0.717, 1.165) is 24.9 Å². The quantitative estimate of drug-likeness (QED) is 0.647. The fourth-order valence-corrected chi connectivity index (χ4v) is 2.37. The van der Waals surface area contributed by atoms with Crippen molar-refractivity contribution in [3.63, 3.8) is 0 Å². The van der Waals surface area contributed by atoms with E-state index in [4.69, 9.17) is 15.0 Å². The van der Waals surface area contributed by atoms with E-state index >= 15 is 0 Å². The lowest BCUT2D eigenvalue weighted by Crippen LogP contribution is -2.09. The Balaban J connectivity index is 1.77. The molecule has 1 fully saturated rings. The summed E-state index contributed by atoms with van der Waals surface area (Å²) >= 11 is 0. The molecular formula is C15H19N3O2. The maximum atomic E-state index is 5.73. The molecule has 1 saturated carbocycles. The van der Waals surface area contributed by atoms with Crippen LogP contribution in [0.2, 0.25) is 0 Å². The molecule has 1 aliphatic carbocycles. The first kappa shape index (κ1) is 13.1. The number of hydrogen-bond donors (Lipinski definition) is 1. The summed E-state index contributed by atoms with van der Waals surface area (Å²) in [5, 5.41) is 4.00. The van der Waals surface area contributed by atoms with Crippen LogP contribution in [-0.2, 0) is 16.8 Å². The number of hydrogen-bond acceptors (Lipinski definition) is 5. The Bertz CT molecular complexity index is 573. The Kier molecular flexibility index (Phi) is 3.44. The van der Waals surface area contributed by atoms with E-state index in [-0.39, 0.29) is 5.41 Å². The van der Waals surface area contributed by atoms with Crippen molar-refractivity contribution in [3.05, 3.63) is 41.5 Å². The summed E-state index contributed by atoms with van der Waals surface area (Å²) < 4.78 is 10.9. The average Bonchev–Trinajstić information content (AvgIpc) is 3.13. The summed E-state index contributed by atoms with van der Waals surface area (Å²) in [6.07, 6.45) is 3.06. The van der Waals surface area contributed by atoms with Gasteiger partial charge in [-0.2, -0.15) is 4.98 Å². The number of benzene rings is 1. The molecular weight excluding hydrogens is 254 g/mol. The van der Waals surface area contributed by atoms with Crippen LogP contribution in [0.5, 0.6) is 0 Å². The van der Waals surface area contributed by atoms with Gasteiger partial charge < -0.3 is 15.0 Å². The van der Waals surface area contributed by atoms with Crippen LogP contribution in [0.15, 0.2) is 28.8 Å². The molecule has 106 valence electrons. The van der Waals surface area contributed by atoms with E-state index in [2.05, 4.69) is 17.1 Å². The number of anilines is 1. The van der Waals surface area contributed by atoms with Gasteiger partial charge in [0.25, 0.3) is 0 Å². The Morgan fingerprint density at radius 1 is 1.30 bits per heavy atom. The van der Waals surface area contributed by atoms with E-state index in [1.807, 2.05) is 24.3 Å². The summed E-state index contributed by atoms with van der Waals surface area (Å²) in [6.45, 7) is 3.20. The van der Waals surface area contributed by atoms with Crippen LogP contribution in [-0.4, -0.2) is 16.7 Å². The Morgan fingerprint density at radius 2 is 2.05 bits per heavy atom. The first-order valence-electron chi connectivity index (χ1n) is 7.01. The second-order valence-electron chi connectivity index (χ2n) is 5.27. The van der Waals surface area contributed by atoms with Crippen molar-refractivity contribution in [3.8, 4) is 0 Å². The number of rotatable bonds is 6. The maximum absolute atomic E-state index is 5.73. The van der Waals surface area contributed by atoms with Crippen LogP contribution >= 0.6 is 0 Å². The Morgan fingerprint density at radius 3 is 2.70 bits per heavy atom. The number of nitrogens with two attached hydrogens (primary N) is 1. The minimum absolute atomic E-state index is 0.107. The predicted octanol–water partition coefficient (Wildman–Crippen LogP) is 2.66. The van der Waals surface area contributed by atoms with Crippen molar-refractivity contribution in [2.45, 2.75) is 38.2 Å². The van der Waals surface area contributed by atoms with Crippen molar-refractivity contribution in [1.82, 2.24) is 10.1 Å². The molecule has 1 aromatic heterocycles. The standard InChI is InChI=1S/C15H19N3O2/c1-2-9-19-10-13-17-14(20-18-13)15(7-8-15)11-3-5-12(16)6-4-11/h3-6H,2,7-10,16H2,1H3. The molecule has 5 nitrogen and oxygen atoms in total. The maximum Gasteiger partial charge on any atom is 0.237 e. The number of nitrogens with zero attached hydrogens (tertiary/aromatic N) is 2. The van der Waals surface area contributed by atoms with Crippen LogP contribution < -0.4 is 5.73 Å². The monoisotopic (exact) mass is 273 g/mol. The van der Waals surface area contributed by atoms with Gasteiger partial charge in [0.05, 0.1) is 5.41 Å². The van der Waals surface area contributed by atoms with Crippen LogP contribution in [0.4, 0.5) is 5.69 Å². The summed E-state index contributed by atoms with van der Waals surface area (Å²) in [5.41, 5.74) is 7.58. The Hall–Kier alpha value is -1.88. The van der Waals surface area contributed by atoms with Gasteiger partial charge in [0, 0.05) is 12.3 Å². The highest BCUT2D eigenvalue weighted by Crippen LogP contribution is 2.52. The van der Waals surface area contributed by atoms with Crippen molar-refractivity contribution in [1.29, 1.82) is 0 Å². The third-order valence-electron chi connectivity index (χ3n) is 3.67. The first-order chi connectivity index (χ1) is 9.74. The topological polar surface area (TPSA) is 74.2 Å². The normalized spacial score (nSPS) is 16.2. The van der Waals surface area contributed by atoms with Crippen molar-refractivity contribution < 1.29 is 9.26 Å². The second-order valence-corrected chi connectivity index (χ2v) is 5.27. The molecule has 20 heavy (non-hydrogen) atoms. The summed E-state index contributed by atoms with van der Waals surface area (Å²) in [4.78, 5) is 4.48. The third kappa shape index (κ3) is 2.41. The smallest absolute Gasteiger partial charge is 0.237 e. The number of aromatic nitrogens is 2. The first-order valence-corrected chi connectivity index (χ1v) is 7.01. The minimum Gasteiger partial charge on any atom is -0.399 e. The number of ether oxygens (including phenoxy) is 1. The molecule has 0 unspecified atom stereocenters. The second kappa shape index (κ2) is 5.25. The highest BCUT2D eigenvalue weighted by Gasteiger charge is 2.50. The fourth-order valence-electron chi connectivity index (χ4n) is 2.37. The van der Waals surface area contributed by atoms with Gasteiger partial charge in [-0.15, -0.1) is 0 Å². The number of nitrogen functional groups attached to an aromatic ring is 1. The zero-order valence-electron chi connectivity index (χ0n) is 11.6. The predicted molar refractivity (Wildman–Crippen MR) is 75.1 cm³/mol. The van der Waals surface area contributed by atoms with Gasteiger partial charge in [-0.25, -0.2) is 0 Å². The summed E-state index contributed by atoms with van der Waals surface area (Å²) in [5.74, 6) is 1.31. The van der Waals surface area contributed by atoms with Gasteiger partial charge in [0.1, 0.15) is 6.61 Å². The van der Waals surface area contributed by atoms with E-state index in [1.54, 1.807) is 0 Å². The van der Waals surface area contributed by atoms with Crippen molar-refractivity contribution in [2.24, 2.45) is 0 Å². The zero-order valence-corrected chi connectivity index (χ0v) is 11.6. The highest BCUT2D eigenvalue weighted by atomic mass is 16.5. The molecule has 1 aromatic carbocycles. The molecule has 1 heterocycles. The molecule has 2 aromatic rings. The molecule has 5 heteroatoms. The van der Waals surface area contributed by atoms with Gasteiger partial charge >= 0.3 is 0 Å². The van der Waals surface area contributed by atoms with Crippen LogP contribution in [0.25, 0.3) is 0 Å². The lowest BCUT2D eigenvalue weighted by Gasteiger charge is -2.10. The molecule has 0 atom stereocenters. The molecule has 1 aliphatic rings. The van der Waals surface area contributed by atoms with Gasteiger partial charge in [-0.3, -0.25) is 0 Å². The van der Waals surface area contributed by atoms with Gasteiger partial charge in [0.2, 0.25) is 5.89 Å². The van der Waals surface area contributed by atoms with Gasteiger partial charge in [-0.1, -0.05) is 24.2 Å². The van der Waals surface area contributed by atoms with Crippen LogP contribution in [0.3, 0.4) is 0 Å². The van der Waals surface area contributed by atoms with Gasteiger partial charge in [0.15, 0.2) is 5.82 Å². The third-order valence-corrected chi connectivity index (χ3v) is 3.67. The van der Waals surface area contributed by atoms with Crippen molar-refractivity contribution in [2.75, 3.05) is 12.3 Å². The van der Waals surface area contributed by atoms with E-state index in [1.165, 1.54) is 5.56 Å².